The van der Waals surface area contributed by atoms with Crippen molar-refractivity contribution in [3.8, 4) is 0 Å². The summed E-state index contributed by atoms with van der Waals surface area (Å²) in [5, 5.41) is 6.71. The van der Waals surface area contributed by atoms with Crippen LogP contribution in [0, 0.1) is 0 Å². The summed E-state index contributed by atoms with van der Waals surface area (Å²) < 4.78 is 2.10. The first kappa shape index (κ1) is 11.2. The third-order valence-electron chi connectivity index (χ3n) is 3.22. The molecule has 1 atom stereocenters. The number of hydrogen-bond acceptors (Lipinski definition) is 5. The zero-order valence-corrected chi connectivity index (χ0v) is 10.3. The quantitative estimate of drug-likeness (QED) is 0.814. The standard InChI is InChI=1S/C12H16N6/c1-18-8-17-10-7-15-9(5-11(10)18)6-16-12-13-3-2-4-14-12/h2-4,8-9,15H,5-7H2,1H3,(H,13,14,16)/t9-/m1/s1. The number of nitrogens with one attached hydrogen (secondary N) is 2. The highest BCUT2D eigenvalue weighted by Gasteiger charge is 2.21. The molecule has 0 aromatic carbocycles. The van der Waals surface area contributed by atoms with E-state index in [4.69, 9.17) is 0 Å². The lowest BCUT2D eigenvalue weighted by Crippen LogP contribution is -2.41. The van der Waals surface area contributed by atoms with Gasteiger partial charge in [0.1, 0.15) is 0 Å². The van der Waals surface area contributed by atoms with Crippen LogP contribution in [0.25, 0.3) is 0 Å². The molecule has 3 heterocycles. The third kappa shape index (κ3) is 2.19. The molecule has 1 aliphatic heterocycles. The number of rotatable bonds is 3. The molecule has 0 spiro atoms. The highest BCUT2D eigenvalue weighted by Crippen LogP contribution is 2.14. The molecule has 1 aliphatic rings. The fraction of sp³-hybridized carbons (Fsp3) is 0.417. The van der Waals surface area contributed by atoms with E-state index >= 15 is 0 Å². The Hall–Kier alpha value is -1.95. The van der Waals surface area contributed by atoms with E-state index in [9.17, 15) is 0 Å². The molecule has 0 fully saturated rings. The van der Waals surface area contributed by atoms with E-state index in [1.54, 1.807) is 12.4 Å². The van der Waals surface area contributed by atoms with Gasteiger partial charge >= 0.3 is 0 Å². The maximum Gasteiger partial charge on any atom is 0.222 e. The highest BCUT2D eigenvalue weighted by atomic mass is 15.1. The monoisotopic (exact) mass is 244 g/mol. The molecule has 0 aliphatic carbocycles. The van der Waals surface area contributed by atoms with E-state index in [1.807, 2.05) is 19.4 Å². The number of anilines is 1. The molecule has 2 aromatic rings. The van der Waals surface area contributed by atoms with Gasteiger partial charge in [0.2, 0.25) is 5.95 Å². The molecule has 6 nitrogen and oxygen atoms in total. The number of hydrogen-bond donors (Lipinski definition) is 2. The van der Waals surface area contributed by atoms with Crippen LogP contribution >= 0.6 is 0 Å². The second-order valence-electron chi connectivity index (χ2n) is 4.48. The molecule has 94 valence electrons. The first-order chi connectivity index (χ1) is 8.83. The predicted molar refractivity (Wildman–Crippen MR) is 68.1 cm³/mol. The Morgan fingerprint density at radius 3 is 3.06 bits per heavy atom. The highest BCUT2D eigenvalue weighted by molar-refractivity contribution is 5.24. The number of nitrogens with zero attached hydrogens (tertiary/aromatic N) is 4. The van der Waals surface area contributed by atoms with E-state index in [-0.39, 0.29) is 0 Å². The molecule has 0 bridgehead atoms. The average Bonchev–Trinajstić information content (AvgIpc) is 2.79. The molecular formula is C12H16N6. The fourth-order valence-corrected chi connectivity index (χ4v) is 2.21. The summed E-state index contributed by atoms with van der Waals surface area (Å²) in [6.07, 6.45) is 6.33. The molecular weight excluding hydrogens is 228 g/mol. The topological polar surface area (TPSA) is 67.7 Å². The fourth-order valence-electron chi connectivity index (χ4n) is 2.21. The van der Waals surface area contributed by atoms with E-state index in [0.29, 0.717) is 12.0 Å². The summed E-state index contributed by atoms with van der Waals surface area (Å²) in [7, 11) is 2.04. The lowest BCUT2D eigenvalue weighted by Gasteiger charge is -2.24. The van der Waals surface area contributed by atoms with Crippen LogP contribution in [-0.4, -0.2) is 32.1 Å². The van der Waals surface area contributed by atoms with Crippen LogP contribution in [0.4, 0.5) is 5.95 Å². The molecule has 0 amide bonds. The van der Waals surface area contributed by atoms with E-state index in [1.165, 1.54) is 5.69 Å². The van der Waals surface area contributed by atoms with E-state index in [2.05, 4.69) is 30.2 Å². The first-order valence-electron chi connectivity index (χ1n) is 6.06. The van der Waals surface area contributed by atoms with Crippen LogP contribution in [0.15, 0.2) is 24.8 Å². The molecule has 0 unspecified atom stereocenters. The van der Waals surface area contributed by atoms with E-state index in [0.717, 1.165) is 25.2 Å². The number of imidazole rings is 1. The molecule has 18 heavy (non-hydrogen) atoms. The van der Waals surface area contributed by atoms with Crippen molar-refractivity contribution in [2.24, 2.45) is 7.05 Å². The Labute approximate surface area is 105 Å². The Balaban J connectivity index is 1.61. The van der Waals surface area contributed by atoms with Crippen LogP contribution < -0.4 is 10.6 Å². The van der Waals surface area contributed by atoms with Crippen LogP contribution in [0.5, 0.6) is 0 Å². The van der Waals surface area contributed by atoms with Gasteiger partial charge in [0.25, 0.3) is 0 Å². The molecule has 0 saturated carbocycles. The van der Waals surface area contributed by atoms with Crippen molar-refractivity contribution in [1.29, 1.82) is 0 Å². The summed E-state index contributed by atoms with van der Waals surface area (Å²) >= 11 is 0. The van der Waals surface area contributed by atoms with Crippen molar-refractivity contribution in [1.82, 2.24) is 24.8 Å². The van der Waals surface area contributed by atoms with Crippen molar-refractivity contribution < 1.29 is 0 Å². The zero-order chi connectivity index (χ0) is 12.4. The predicted octanol–water partition coefficient (Wildman–Crippen LogP) is 0.336. The molecule has 0 saturated heterocycles. The summed E-state index contributed by atoms with van der Waals surface area (Å²) in [6.45, 7) is 1.65. The minimum atomic E-state index is 0.386. The smallest absolute Gasteiger partial charge is 0.222 e. The molecule has 2 N–H and O–H groups in total. The number of fused-ring (bicyclic) bond motifs is 1. The van der Waals surface area contributed by atoms with Crippen LogP contribution in [0.2, 0.25) is 0 Å². The maximum absolute atomic E-state index is 4.36. The van der Waals surface area contributed by atoms with Gasteiger partial charge in [0.05, 0.1) is 12.0 Å². The van der Waals surface area contributed by atoms with Crippen LogP contribution in [0.3, 0.4) is 0 Å². The van der Waals surface area contributed by atoms with Gasteiger partial charge in [-0.2, -0.15) is 0 Å². The Morgan fingerprint density at radius 2 is 2.22 bits per heavy atom. The minimum Gasteiger partial charge on any atom is -0.353 e. The summed E-state index contributed by atoms with van der Waals surface area (Å²) in [5.74, 6) is 0.676. The first-order valence-corrected chi connectivity index (χ1v) is 6.06. The van der Waals surface area contributed by atoms with Crippen LogP contribution in [-0.2, 0) is 20.0 Å². The van der Waals surface area contributed by atoms with Crippen molar-refractivity contribution >= 4 is 5.95 Å². The Bertz CT molecular complexity index is 521. The van der Waals surface area contributed by atoms with Crippen molar-refractivity contribution in [3.05, 3.63) is 36.2 Å². The minimum absolute atomic E-state index is 0.386. The number of aromatic nitrogens is 4. The number of aryl methyl sites for hydroxylation is 1. The maximum atomic E-state index is 4.36. The lowest BCUT2D eigenvalue weighted by molar-refractivity contribution is 0.479. The van der Waals surface area contributed by atoms with Gasteiger partial charge < -0.3 is 15.2 Å². The second-order valence-corrected chi connectivity index (χ2v) is 4.48. The normalized spacial score (nSPS) is 18.4. The summed E-state index contributed by atoms with van der Waals surface area (Å²) in [6, 6.07) is 2.20. The molecule has 0 radical (unpaired) electrons. The second kappa shape index (κ2) is 4.73. The van der Waals surface area contributed by atoms with Crippen molar-refractivity contribution in [2.45, 2.75) is 19.0 Å². The van der Waals surface area contributed by atoms with Crippen LogP contribution in [0.1, 0.15) is 11.4 Å². The lowest BCUT2D eigenvalue weighted by atomic mass is 10.1. The SMILES string of the molecule is Cn1cnc2c1C[C@H](CNc1ncccn1)NC2. The van der Waals surface area contributed by atoms with Gasteiger partial charge in [0, 0.05) is 50.7 Å². The van der Waals surface area contributed by atoms with Gasteiger partial charge in [0.15, 0.2) is 0 Å². The van der Waals surface area contributed by atoms with Crippen molar-refractivity contribution in [3.63, 3.8) is 0 Å². The van der Waals surface area contributed by atoms with Gasteiger partial charge in [-0.3, -0.25) is 0 Å². The van der Waals surface area contributed by atoms with Gasteiger partial charge in [-0.05, 0) is 6.07 Å². The third-order valence-corrected chi connectivity index (χ3v) is 3.22. The Kier molecular flexibility index (Phi) is 2.93. The van der Waals surface area contributed by atoms with E-state index < -0.39 is 0 Å². The van der Waals surface area contributed by atoms with Gasteiger partial charge in [-0.15, -0.1) is 0 Å². The summed E-state index contributed by atoms with van der Waals surface area (Å²) in [5.41, 5.74) is 2.47. The zero-order valence-electron chi connectivity index (χ0n) is 10.3. The largest absolute Gasteiger partial charge is 0.353 e. The van der Waals surface area contributed by atoms with Gasteiger partial charge in [-0.1, -0.05) is 0 Å². The molecule has 2 aromatic heterocycles. The molecule has 6 heteroatoms. The van der Waals surface area contributed by atoms with Gasteiger partial charge in [-0.25, -0.2) is 15.0 Å². The average molecular weight is 244 g/mol. The van der Waals surface area contributed by atoms with Crippen molar-refractivity contribution in [2.75, 3.05) is 11.9 Å². The summed E-state index contributed by atoms with van der Waals surface area (Å²) in [4.78, 5) is 12.7. The Morgan fingerprint density at radius 1 is 1.39 bits per heavy atom. The molecule has 3 rings (SSSR count).